The van der Waals surface area contributed by atoms with E-state index in [1.807, 2.05) is 48.7 Å². The van der Waals surface area contributed by atoms with E-state index in [1.165, 1.54) is 11.8 Å². The summed E-state index contributed by atoms with van der Waals surface area (Å²) in [5.74, 6) is 0.834. The van der Waals surface area contributed by atoms with Gasteiger partial charge in [-0.1, -0.05) is 30.0 Å². The molecule has 0 unspecified atom stereocenters. The molecule has 1 atom stereocenters. The van der Waals surface area contributed by atoms with Crippen molar-refractivity contribution in [1.29, 1.82) is 0 Å². The molecule has 7 heteroatoms. The van der Waals surface area contributed by atoms with Gasteiger partial charge in [0.1, 0.15) is 5.75 Å². The molecule has 0 saturated carbocycles. The van der Waals surface area contributed by atoms with E-state index in [0.29, 0.717) is 17.5 Å². The average molecular weight is 368 g/mol. The Bertz CT molecular complexity index is 878. The quantitative estimate of drug-likeness (QED) is 0.647. The standard InChI is InChI=1S/C19H20N4O2S/c1-3-23-17(14-9-11-16(24)12-10-14)21-22-19(23)26-13(2)18(25)20-15-7-5-4-6-8-15/h4-13,24H,3H2,1-2H3,(H,20,25)/t13-/m1/s1. The molecular weight excluding hydrogens is 348 g/mol. The molecule has 0 aliphatic rings. The monoisotopic (exact) mass is 368 g/mol. The van der Waals surface area contributed by atoms with Crippen molar-refractivity contribution in [1.82, 2.24) is 14.8 Å². The summed E-state index contributed by atoms with van der Waals surface area (Å²) in [6.07, 6.45) is 0. The third-order valence-corrected chi connectivity index (χ3v) is 4.93. The Morgan fingerprint density at radius 3 is 2.50 bits per heavy atom. The Kier molecular flexibility index (Phi) is 5.58. The van der Waals surface area contributed by atoms with E-state index in [2.05, 4.69) is 15.5 Å². The Morgan fingerprint density at radius 2 is 1.85 bits per heavy atom. The van der Waals surface area contributed by atoms with Crippen LogP contribution in [0.3, 0.4) is 0 Å². The summed E-state index contributed by atoms with van der Waals surface area (Å²) in [5.41, 5.74) is 1.64. The zero-order valence-corrected chi connectivity index (χ0v) is 15.4. The predicted octanol–water partition coefficient (Wildman–Crippen LogP) is 3.79. The van der Waals surface area contributed by atoms with Crippen molar-refractivity contribution < 1.29 is 9.90 Å². The van der Waals surface area contributed by atoms with Crippen LogP contribution in [0.1, 0.15) is 13.8 Å². The fourth-order valence-corrected chi connectivity index (χ4v) is 3.37. The van der Waals surface area contributed by atoms with Crippen LogP contribution in [0.4, 0.5) is 5.69 Å². The number of nitrogens with zero attached hydrogens (tertiary/aromatic N) is 3. The van der Waals surface area contributed by atoms with E-state index in [-0.39, 0.29) is 16.9 Å². The van der Waals surface area contributed by atoms with Crippen molar-refractivity contribution in [2.24, 2.45) is 0 Å². The van der Waals surface area contributed by atoms with Crippen LogP contribution in [0.2, 0.25) is 0 Å². The van der Waals surface area contributed by atoms with Gasteiger partial charge in [0.05, 0.1) is 5.25 Å². The molecule has 0 aliphatic heterocycles. The minimum atomic E-state index is -0.322. The molecule has 3 rings (SSSR count). The second kappa shape index (κ2) is 8.05. The zero-order chi connectivity index (χ0) is 18.5. The van der Waals surface area contributed by atoms with E-state index in [1.54, 1.807) is 24.3 Å². The lowest BCUT2D eigenvalue weighted by Crippen LogP contribution is -2.22. The van der Waals surface area contributed by atoms with Gasteiger partial charge in [0.2, 0.25) is 5.91 Å². The van der Waals surface area contributed by atoms with Crippen molar-refractivity contribution >= 4 is 23.4 Å². The molecule has 2 N–H and O–H groups in total. The predicted molar refractivity (Wildman–Crippen MR) is 103 cm³/mol. The normalized spacial score (nSPS) is 11.9. The van der Waals surface area contributed by atoms with E-state index >= 15 is 0 Å². The molecule has 1 aromatic heterocycles. The molecular formula is C19H20N4O2S. The van der Waals surface area contributed by atoms with E-state index < -0.39 is 0 Å². The maximum atomic E-state index is 12.4. The van der Waals surface area contributed by atoms with Gasteiger partial charge in [0.25, 0.3) is 0 Å². The minimum Gasteiger partial charge on any atom is -0.508 e. The number of anilines is 1. The lowest BCUT2D eigenvalue weighted by atomic mass is 10.2. The minimum absolute atomic E-state index is 0.0852. The van der Waals surface area contributed by atoms with Gasteiger partial charge in [-0.15, -0.1) is 10.2 Å². The first-order valence-electron chi connectivity index (χ1n) is 8.33. The number of benzene rings is 2. The summed E-state index contributed by atoms with van der Waals surface area (Å²) in [6, 6.07) is 16.2. The average Bonchev–Trinajstić information content (AvgIpc) is 3.05. The molecule has 1 amide bonds. The SMILES string of the molecule is CCn1c(S[C@H](C)C(=O)Nc2ccccc2)nnc1-c1ccc(O)cc1. The molecule has 0 bridgehead atoms. The Balaban J connectivity index is 1.75. The number of aromatic hydroxyl groups is 1. The summed E-state index contributed by atoms with van der Waals surface area (Å²) in [7, 11) is 0. The van der Waals surface area contributed by atoms with Crippen LogP contribution in [-0.4, -0.2) is 31.0 Å². The summed E-state index contributed by atoms with van der Waals surface area (Å²) < 4.78 is 1.96. The number of carbonyl (C=O) groups excluding carboxylic acids is 1. The van der Waals surface area contributed by atoms with E-state index in [9.17, 15) is 9.90 Å². The van der Waals surface area contributed by atoms with Gasteiger partial charge in [-0.25, -0.2) is 0 Å². The number of hydrogen-bond acceptors (Lipinski definition) is 5. The van der Waals surface area contributed by atoms with Crippen molar-refractivity contribution in [3.8, 4) is 17.1 Å². The highest BCUT2D eigenvalue weighted by molar-refractivity contribution is 8.00. The van der Waals surface area contributed by atoms with Crippen LogP contribution in [0.5, 0.6) is 5.75 Å². The molecule has 0 fully saturated rings. The first kappa shape index (κ1) is 18.0. The molecule has 26 heavy (non-hydrogen) atoms. The molecule has 1 heterocycles. The summed E-state index contributed by atoms with van der Waals surface area (Å²) in [6.45, 7) is 4.53. The van der Waals surface area contributed by atoms with Gasteiger partial charge in [-0.2, -0.15) is 0 Å². The van der Waals surface area contributed by atoms with Crippen molar-refractivity contribution in [2.75, 3.05) is 5.32 Å². The number of para-hydroxylation sites is 1. The lowest BCUT2D eigenvalue weighted by Gasteiger charge is -2.12. The number of nitrogens with one attached hydrogen (secondary N) is 1. The van der Waals surface area contributed by atoms with Crippen molar-refractivity contribution in [3.05, 3.63) is 54.6 Å². The lowest BCUT2D eigenvalue weighted by molar-refractivity contribution is -0.115. The molecule has 134 valence electrons. The fraction of sp³-hybridized carbons (Fsp3) is 0.211. The van der Waals surface area contributed by atoms with Gasteiger partial charge >= 0.3 is 0 Å². The number of phenols is 1. The largest absolute Gasteiger partial charge is 0.508 e. The summed E-state index contributed by atoms with van der Waals surface area (Å²) >= 11 is 1.37. The highest BCUT2D eigenvalue weighted by Crippen LogP contribution is 2.28. The molecule has 0 spiro atoms. The second-order valence-corrected chi connectivity index (χ2v) is 7.02. The number of rotatable bonds is 6. The van der Waals surface area contributed by atoms with E-state index in [4.69, 9.17) is 0 Å². The Morgan fingerprint density at radius 1 is 1.15 bits per heavy atom. The molecule has 0 saturated heterocycles. The Labute approximate surface area is 156 Å². The van der Waals surface area contributed by atoms with Crippen LogP contribution < -0.4 is 5.32 Å². The molecule has 0 radical (unpaired) electrons. The van der Waals surface area contributed by atoms with Gasteiger partial charge in [-0.05, 0) is 50.2 Å². The van der Waals surface area contributed by atoms with Crippen LogP contribution >= 0.6 is 11.8 Å². The van der Waals surface area contributed by atoms with Crippen molar-refractivity contribution in [2.45, 2.75) is 30.8 Å². The first-order valence-corrected chi connectivity index (χ1v) is 9.21. The van der Waals surface area contributed by atoms with E-state index in [0.717, 1.165) is 11.3 Å². The van der Waals surface area contributed by atoms with Crippen LogP contribution in [-0.2, 0) is 11.3 Å². The molecule has 0 aliphatic carbocycles. The highest BCUT2D eigenvalue weighted by atomic mass is 32.2. The maximum absolute atomic E-state index is 12.4. The van der Waals surface area contributed by atoms with Gasteiger partial charge in [0, 0.05) is 17.8 Å². The van der Waals surface area contributed by atoms with Gasteiger partial charge in [-0.3, -0.25) is 4.79 Å². The maximum Gasteiger partial charge on any atom is 0.237 e. The van der Waals surface area contributed by atoms with Gasteiger partial charge in [0.15, 0.2) is 11.0 Å². The molecule has 3 aromatic rings. The molecule has 6 nitrogen and oxygen atoms in total. The summed E-state index contributed by atoms with van der Waals surface area (Å²) in [5, 5.41) is 21.2. The molecule has 2 aromatic carbocycles. The van der Waals surface area contributed by atoms with Crippen LogP contribution in [0.15, 0.2) is 59.8 Å². The first-order chi connectivity index (χ1) is 12.6. The number of phenolic OH excluding ortho intramolecular Hbond substituents is 1. The third-order valence-electron chi connectivity index (χ3n) is 3.85. The fourth-order valence-electron chi connectivity index (χ4n) is 2.46. The topological polar surface area (TPSA) is 80.0 Å². The van der Waals surface area contributed by atoms with Crippen molar-refractivity contribution in [3.63, 3.8) is 0 Å². The number of thioether (sulfide) groups is 1. The van der Waals surface area contributed by atoms with Gasteiger partial charge < -0.3 is 15.0 Å². The number of hydrogen-bond donors (Lipinski definition) is 2. The van der Waals surface area contributed by atoms with Crippen LogP contribution in [0.25, 0.3) is 11.4 Å². The smallest absolute Gasteiger partial charge is 0.237 e. The number of amides is 1. The number of aromatic nitrogens is 3. The highest BCUT2D eigenvalue weighted by Gasteiger charge is 2.20. The number of carbonyl (C=O) groups is 1. The Hall–Kier alpha value is -2.80. The third kappa shape index (κ3) is 4.05. The zero-order valence-electron chi connectivity index (χ0n) is 14.6. The second-order valence-electron chi connectivity index (χ2n) is 5.71. The summed E-state index contributed by atoms with van der Waals surface area (Å²) in [4.78, 5) is 12.4. The van der Waals surface area contributed by atoms with Crippen LogP contribution in [0, 0.1) is 0 Å².